The second kappa shape index (κ2) is 5.55. The zero-order chi connectivity index (χ0) is 15.1. The molecule has 0 radical (unpaired) electrons. The van der Waals surface area contributed by atoms with Crippen molar-refractivity contribution in [1.82, 2.24) is 14.5 Å². The van der Waals surface area contributed by atoms with Crippen molar-refractivity contribution in [1.29, 1.82) is 0 Å². The van der Waals surface area contributed by atoms with Gasteiger partial charge in [-0.15, -0.1) is 11.6 Å². The summed E-state index contributed by atoms with van der Waals surface area (Å²) in [5.74, 6) is 0.888. The average molecular weight is 314 g/mol. The molecule has 2 rings (SSSR count). The molecule has 20 heavy (non-hydrogen) atoms. The molecule has 0 amide bonds. The average Bonchev–Trinajstić information content (AvgIpc) is 2.66. The predicted molar refractivity (Wildman–Crippen MR) is 86.8 cm³/mol. The Morgan fingerprint density at radius 1 is 1.35 bits per heavy atom. The quantitative estimate of drug-likeness (QED) is 0.783. The Morgan fingerprint density at radius 3 is 2.55 bits per heavy atom. The Bertz CT molecular complexity index is 615. The van der Waals surface area contributed by atoms with E-state index in [9.17, 15) is 0 Å². The molecule has 0 fully saturated rings. The molecule has 0 saturated carbocycles. The molecule has 1 unspecified atom stereocenters. The van der Waals surface area contributed by atoms with Crippen molar-refractivity contribution in [2.45, 2.75) is 38.2 Å². The summed E-state index contributed by atoms with van der Waals surface area (Å²) in [7, 11) is 4.17. The fraction of sp³-hybridized carbons (Fsp3) is 0.533. The number of alkyl halides is 1. The Morgan fingerprint density at radius 2 is 2.00 bits per heavy atom. The summed E-state index contributed by atoms with van der Waals surface area (Å²) < 4.78 is 2.20. The van der Waals surface area contributed by atoms with Crippen LogP contribution in [0.15, 0.2) is 18.2 Å². The molecule has 1 heterocycles. The smallest absolute Gasteiger partial charge is 0.127 e. The molecule has 0 saturated heterocycles. The molecule has 2 aromatic rings. The van der Waals surface area contributed by atoms with Gasteiger partial charge in [0.25, 0.3) is 0 Å². The molecule has 0 aliphatic heterocycles. The highest BCUT2D eigenvalue weighted by molar-refractivity contribution is 6.31. The number of hydrogen-bond acceptors (Lipinski definition) is 2. The summed E-state index contributed by atoms with van der Waals surface area (Å²) >= 11 is 12.4. The second-order valence-corrected chi connectivity index (χ2v) is 7.10. The van der Waals surface area contributed by atoms with Gasteiger partial charge >= 0.3 is 0 Å². The summed E-state index contributed by atoms with van der Waals surface area (Å²) in [5, 5.41) is 0.557. The van der Waals surface area contributed by atoms with Crippen LogP contribution in [0, 0.1) is 0 Å². The van der Waals surface area contributed by atoms with Crippen LogP contribution in [0.4, 0.5) is 0 Å². The molecule has 0 aliphatic carbocycles. The van der Waals surface area contributed by atoms with E-state index in [1.807, 2.05) is 25.1 Å². The molecule has 1 aromatic heterocycles. The van der Waals surface area contributed by atoms with Crippen LogP contribution in [-0.4, -0.2) is 34.1 Å². The van der Waals surface area contributed by atoms with Gasteiger partial charge in [-0.05, 0) is 53.1 Å². The van der Waals surface area contributed by atoms with E-state index in [-0.39, 0.29) is 10.9 Å². The van der Waals surface area contributed by atoms with E-state index in [0.717, 1.165) is 23.4 Å². The van der Waals surface area contributed by atoms with Crippen molar-refractivity contribution in [2.24, 2.45) is 0 Å². The highest BCUT2D eigenvalue weighted by Gasteiger charge is 2.25. The van der Waals surface area contributed by atoms with Crippen molar-refractivity contribution in [3.63, 3.8) is 0 Å². The van der Waals surface area contributed by atoms with E-state index in [1.54, 1.807) is 0 Å². The number of rotatable bonds is 4. The van der Waals surface area contributed by atoms with Crippen LogP contribution in [-0.2, 0) is 6.54 Å². The van der Waals surface area contributed by atoms with Gasteiger partial charge in [-0.2, -0.15) is 0 Å². The fourth-order valence-corrected chi connectivity index (χ4v) is 2.45. The maximum Gasteiger partial charge on any atom is 0.127 e. The molecule has 0 bridgehead atoms. The molecule has 0 N–H and O–H groups in total. The van der Waals surface area contributed by atoms with Gasteiger partial charge in [-0.3, -0.25) is 0 Å². The molecule has 0 aliphatic rings. The van der Waals surface area contributed by atoms with Crippen molar-refractivity contribution in [2.75, 3.05) is 14.1 Å². The molecule has 1 aromatic carbocycles. The van der Waals surface area contributed by atoms with E-state index < -0.39 is 0 Å². The largest absolute Gasteiger partial charge is 0.325 e. The first-order chi connectivity index (χ1) is 9.22. The number of hydrogen-bond donors (Lipinski definition) is 0. The van der Waals surface area contributed by atoms with Crippen molar-refractivity contribution < 1.29 is 0 Å². The first-order valence-electron chi connectivity index (χ1n) is 6.69. The Balaban J connectivity index is 2.57. The topological polar surface area (TPSA) is 21.1 Å². The van der Waals surface area contributed by atoms with Crippen LogP contribution in [0.2, 0.25) is 5.02 Å². The molecule has 5 heteroatoms. The summed E-state index contributed by atoms with van der Waals surface area (Å²) in [4.78, 5) is 6.85. The third kappa shape index (κ3) is 2.95. The van der Waals surface area contributed by atoms with E-state index in [2.05, 4.69) is 42.4 Å². The van der Waals surface area contributed by atoms with E-state index in [1.165, 1.54) is 0 Å². The van der Waals surface area contributed by atoms with Gasteiger partial charge in [0.05, 0.1) is 16.4 Å². The Kier molecular flexibility index (Phi) is 4.33. The number of halogens is 2. The third-order valence-corrected chi connectivity index (χ3v) is 4.28. The monoisotopic (exact) mass is 313 g/mol. The maximum atomic E-state index is 6.30. The predicted octanol–water partition coefficient (Wildman–Crippen LogP) is 4.33. The highest BCUT2D eigenvalue weighted by atomic mass is 35.5. The normalized spacial score (nSPS) is 14.2. The lowest BCUT2D eigenvalue weighted by Gasteiger charge is -2.33. The molecule has 0 spiro atoms. The number of aromatic nitrogens is 2. The second-order valence-electron chi connectivity index (χ2n) is 6.01. The summed E-state index contributed by atoms with van der Waals surface area (Å²) in [5.41, 5.74) is 1.98. The summed E-state index contributed by atoms with van der Waals surface area (Å²) in [6.45, 7) is 7.18. The number of fused-ring (bicyclic) bond motifs is 1. The van der Waals surface area contributed by atoms with E-state index in [0.29, 0.717) is 5.02 Å². The number of benzene rings is 1. The minimum atomic E-state index is -0.140. The molecular formula is C15H21Cl2N3. The number of nitrogens with zero attached hydrogens (tertiary/aromatic N) is 3. The minimum absolute atomic E-state index is 0.00773. The van der Waals surface area contributed by atoms with Crippen LogP contribution < -0.4 is 0 Å². The molecule has 3 nitrogen and oxygen atoms in total. The van der Waals surface area contributed by atoms with Crippen molar-refractivity contribution in [3.05, 3.63) is 29.0 Å². The fourth-order valence-electron chi connectivity index (χ4n) is 2.12. The van der Waals surface area contributed by atoms with E-state index in [4.69, 9.17) is 23.2 Å². The van der Waals surface area contributed by atoms with Crippen LogP contribution in [0.3, 0.4) is 0 Å². The lowest BCUT2D eigenvalue weighted by molar-refractivity contribution is 0.170. The molecule has 110 valence electrons. The van der Waals surface area contributed by atoms with Gasteiger partial charge in [0.1, 0.15) is 5.82 Å². The van der Waals surface area contributed by atoms with Crippen molar-refractivity contribution >= 4 is 34.2 Å². The lowest BCUT2D eigenvalue weighted by atomic mass is 10.0. The SMILES string of the molecule is CC(Cl)c1nc2cc(Cl)ccc2n1CC(C)(C)N(C)C. The zero-order valence-corrected chi connectivity index (χ0v) is 14.1. The standard InChI is InChI=1S/C15H21Cl2N3/c1-10(16)14-18-12-8-11(17)6-7-13(12)20(14)9-15(2,3)19(4)5/h6-8,10H,9H2,1-5H3. The Labute approximate surface area is 130 Å². The first kappa shape index (κ1) is 15.6. The number of imidazole rings is 1. The van der Waals surface area contributed by atoms with E-state index >= 15 is 0 Å². The number of likely N-dealkylation sites (N-methyl/N-ethyl adjacent to an activating group) is 1. The van der Waals surface area contributed by atoms with Crippen molar-refractivity contribution in [3.8, 4) is 0 Å². The Hall–Kier alpha value is -0.770. The van der Waals surface area contributed by atoms with Gasteiger partial charge < -0.3 is 9.47 Å². The van der Waals surface area contributed by atoms with Gasteiger partial charge in [0.2, 0.25) is 0 Å². The minimum Gasteiger partial charge on any atom is -0.325 e. The highest BCUT2D eigenvalue weighted by Crippen LogP contribution is 2.28. The first-order valence-corrected chi connectivity index (χ1v) is 7.51. The van der Waals surface area contributed by atoms with Crippen LogP contribution in [0.25, 0.3) is 11.0 Å². The van der Waals surface area contributed by atoms with Gasteiger partial charge in [-0.1, -0.05) is 11.6 Å². The summed E-state index contributed by atoms with van der Waals surface area (Å²) in [6.07, 6.45) is 0. The van der Waals surface area contributed by atoms with Crippen LogP contribution >= 0.6 is 23.2 Å². The lowest BCUT2D eigenvalue weighted by Crippen LogP contribution is -2.42. The van der Waals surface area contributed by atoms with Gasteiger partial charge in [0, 0.05) is 17.1 Å². The zero-order valence-electron chi connectivity index (χ0n) is 12.6. The summed E-state index contributed by atoms with van der Waals surface area (Å²) in [6, 6.07) is 5.80. The third-order valence-electron chi connectivity index (χ3n) is 3.85. The molecular weight excluding hydrogens is 293 g/mol. The van der Waals surface area contributed by atoms with Crippen LogP contribution in [0.1, 0.15) is 32.0 Å². The van der Waals surface area contributed by atoms with Gasteiger partial charge in [0.15, 0.2) is 0 Å². The molecule has 1 atom stereocenters. The maximum absolute atomic E-state index is 6.30. The van der Waals surface area contributed by atoms with Crippen LogP contribution in [0.5, 0.6) is 0 Å². The van der Waals surface area contributed by atoms with Gasteiger partial charge in [-0.25, -0.2) is 4.98 Å².